The molecule has 0 aromatic carbocycles. The van der Waals surface area contributed by atoms with E-state index in [0.717, 1.165) is 24.8 Å². The fraction of sp³-hybridized carbons (Fsp3) is 1.00. The van der Waals surface area contributed by atoms with Gasteiger partial charge >= 0.3 is 0 Å². The molecule has 1 saturated carbocycles. The highest BCUT2D eigenvalue weighted by molar-refractivity contribution is 4.78. The molecule has 1 fully saturated rings. The summed E-state index contributed by atoms with van der Waals surface area (Å²) in [6, 6.07) is 0.707. The molecule has 0 bridgehead atoms. The Labute approximate surface area is 94.5 Å². The van der Waals surface area contributed by atoms with Crippen molar-refractivity contribution in [2.75, 3.05) is 6.54 Å². The lowest BCUT2D eigenvalue weighted by Gasteiger charge is -2.31. The average molecular weight is 213 g/mol. The third-order valence-corrected chi connectivity index (χ3v) is 3.71. The Morgan fingerprint density at radius 1 is 1.13 bits per heavy atom. The van der Waals surface area contributed by atoms with Crippen LogP contribution in [-0.4, -0.2) is 23.8 Å². The smallest absolute Gasteiger partial charge is 0.0524 e. The number of hydrogen-bond donors (Lipinski definition) is 2. The summed E-state index contributed by atoms with van der Waals surface area (Å²) in [4.78, 5) is 0. The molecule has 2 N–H and O–H groups in total. The molecule has 0 amide bonds. The van der Waals surface area contributed by atoms with Crippen molar-refractivity contribution < 1.29 is 5.11 Å². The molecule has 90 valence electrons. The van der Waals surface area contributed by atoms with Crippen molar-refractivity contribution in [2.45, 2.75) is 65.0 Å². The van der Waals surface area contributed by atoms with Crippen molar-refractivity contribution in [1.29, 1.82) is 0 Å². The molecule has 0 unspecified atom stereocenters. The van der Waals surface area contributed by atoms with Crippen LogP contribution in [0.4, 0.5) is 0 Å². The minimum Gasteiger partial charge on any atom is -0.393 e. The summed E-state index contributed by atoms with van der Waals surface area (Å²) < 4.78 is 0. The van der Waals surface area contributed by atoms with Crippen molar-refractivity contribution in [1.82, 2.24) is 5.32 Å². The molecule has 1 aliphatic rings. The number of rotatable bonds is 5. The van der Waals surface area contributed by atoms with E-state index in [-0.39, 0.29) is 6.10 Å². The predicted molar refractivity (Wildman–Crippen MR) is 64.9 cm³/mol. The minimum absolute atomic E-state index is 0.162. The summed E-state index contributed by atoms with van der Waals surface area (Å²) in [5.41, 5.74) is 0. The summed E-state index contributed by atoms with van der Waals surface area (Å²) in [6.45, 7) is 7.50. The normalized spacial score (nSPS) is 29.4. The minimum atomic E-state index is -0.162. The largest absolute Gasteiger partial charge is 0.393 e. The van der Waals surface area contributed by atoms with Gasteiger partial charge in [0.25, 0.3) is 0 Å². The van der Waals surface area contributed by atoms with Gasteiger partial charge in [0.05, 0.1) is 6.10 Å². The van der Waals surface area contributed by atoms with Crippen LogP contribution in [0.1, 0.15) is 52.9 Å². The van der Waals surface area contributed by atoms with Crippen molar-refractivity contribution in [2.24, 2.45) is 11.8 Å². The van der Waals surface area contributed by atoms with Crippen LogP contribution in [0, 0.1) is 11.8 Å². The zero-order valence-corrected chi connectivity index (χ0v) is 10.5. The Hall–Kier alpha value is -0.0800. The maximum absolute atomic E-state index is 9.16. The lowest BCUT2D eigenvalue weighted by atomic mass is 9.80. The summed E-state index contributed by atoms with van der Waals surface area (Å²) >= 11 is 0. The van der Waals surface area contributed by atoms with Crippen LogP contribution in [0.15, 0.2) is 0 Å². The molecule has 0 heterocycles. The van der Waals surface area contributed by atoms with E-state index in [0.29, 0.717) is 6.04 Å². The van der Waals surface area contributed by atoms with Gasteiger partial charge in [-0.05, 0) is 57.4 Å². The van der Waals surface area contributed by atoms with E-state index in [9.17, 15) is 0 Å². The molecular formula is C13H27NO. The van der Waals surface area contributed by atoms with Crippen molar-refractivity contribution in [3.8, 4) is 0 Å². The monoisotopic (exact) mass is 213 g/mol. The first-order chi connectivity index (χ1) is 7.09. The van der Waals surface area contributed by atoms with Gasteiger partial charge in [0.15, 0.2) is 0 Å². The highest BCUT2D eigenvalue weighted by atomic mass is 16.3. The molecule has 0 saturated heterocycles. The molecular weight excluding hydrogens is 186 g/mol. The van der Waals surface area contributed by atoms with Gasteiger partial charge in [-0.15, -0.1) is 0 Å². The van der Waals surface area contributed by atoms with Gasteiger partial charge in [0, 0.05) is 6.04 Å². The van der Waals surface area contributed by atoms with Crippen LogP contribution in [0.2, 0.25) is 0 Å². The Morgan fingerprint density at radius 3 is 2.20 bits per heavy atom. The fourth-order valence-electron chi connectivity index (χ4n) is 2.49. The van der Waals surface area contributed by atoms with Gasteiger partial charge in [-0.1, -0.05) is 13.8 Å². The summed E-state index contributed by atoms with van der Waals surface area (Å²) in [6.07, 6.45) is 6.12. The van der Waals surface area contributed by atoms with Crippen LogP contribution in [0.5, 0.6) is 0 Å². The molecule has 0 radical (unpaired) electrons. The van der Waals surface area contributed by atoms with E-state index >= 15 is 0 Å². The second-order valence-electron chi connectivity index (χ2n) is 5.45. The Morgan fingerprint density at radius 2 is 1.73 bits per heavy atom. The van der Waals surface area contributed by atoms with Crippen molar-refractivity contribution in [3.05, 3.63) is 0 Å². The molecule has 0 aliphatic heterocycles. The molecule has 2 nitrogen and oxygen atoms in total. The van der Waals surface area contributed by atoms with Gasteiger partial charge in [-0.25, -0.2) is 0 Å². The number of hydrogen-bond acceptors (Lipinski definition) is 2. The fourth-order valence-corrected chi connectivity index (χ4v) is 2.49. The molecule has 1 atom stereocenters. The lowest BCUT2D eigenvalue weighted by Crippen LogP contribution is -2.35. The van der Waals surface area contributed by atoms with E-state index in [1.165, 1.54) is 25.7 Å². The Balaban J connectivity index is 2.09. The number of aliphatic hydroxyl groups excluding tert-OH is 1. The zero-order valence-electron chi connectivity index (χ0n) is 10.5. The van der Waals surface area contributed by atoms with E-state index in [2.05, 4.69) is 19.2 Å². The van der Waals surface area contributed by atoms with E-state index in [1.54, 1.807) is 0 Å². The SMILES string of the molecule is CC(C)C1CCC(NCC[C@H](C)O)CC1. The van der Waals surface area contributed by atoms with Crippen LogP contribution in [0.25, 0.3) is 0 Å². The molecule has 0 aromatic heterocycles. The summed E-state index contributed by atoms with van der Waals surface area (Å²) in [7, 11) is 0. The van der Waals surface area contributed by atoms with Gasteiger partial charge < -0.3 is 10.4 Å². The standard InChI is InChI=1S/C13H27NO/c1-10(2)12-4-6-13(7-5-12)14-9-8-11(3)15/h10-15H,4-9H2,1-3H3/t11-,12?,13?/m0/s1. The number of nitrogens with one attached hydrogen (secondary N) is 1. The van der Waals surface area contributed by atoms with Gasteiger partial charge in [-0.3, -0.25) is 0 Å². The van der Waals surface area contributed by atoms with E-state index < -0.39 is 0 Å². The van der Waals surface area contributed by atoms with Crippen LogP contribution >= 0.6 is 0 Å². The first-order valence-corrected chi connectivity index (χ1v) is 6.51. The zero-order chi connectivity index (χ0) is 11.3. The van der Waals surface area contributed by atoms with Gasteiger partial charge in [-0.2, -0.15) is 0 Å². The van der Waals surface area contributed by atoms with Gasteiger partial charge in [0.1, 0.15) is 0 Å². The third-order valence-electron chi connectivity index (χ3n) is 3.71. The summed E-state index contributed by atoms with van der Waals surface area (Å²) in [5, 5.41) is 12.7. The highest BCUT2D eigenvalue weighted by Crippen LogP contribution is 2.29. The Kier molecular flexibility index (Phi) is 5.62. The maximum atomic E-state index is 9.16. The summed E-state index contributed by atoms with van der Waals surface area (Å²) in [5.74, 6) is 1.79. The first-order valence-electron chi connectivity index (χ1n) is 6.51. The highest BCUT2D eigenvalue weighted by Gasteiger charge is 2.22. The van der Waals surface area contributed by atoms with Crippen molar-refractivity contribution >= 4 is 0 Å². The molecule has 0 aromatic rings. The van der Waals surface area contributed by atoms with Crippen LogP contribution < -0.4 is 5.32 Å². The van der Waals surface area contributed by atoms with E-state index in [1.807, 2.05) is 6.92 Å². The maximum Gasteiger partial charge on any atom is 0.0524 e. The topological polar surface area (TPSA) is 32.3 Å². The lowest BCUT2D eigenvalue weighted by molar-refractivity contribution is 0.177. The quantitative estimate of drug-likeness (QED) is 0.735. The second kappa shape index (κ2) is 6.49. The van der Waals surface area contributed by atoms with E-state index in [4.69, 9.17) is 5.11 Å². The first kappa shape index (κ1) is 13.0. The van der Waals surface area contributed by atoms with Crippen LogP contribution in [-0.2, 0) is 0 Å². The van der Waals surface area contributed by atoms with Gasteiger partial charge in [0.2, 0.25) is 0 Å². The third kappa shape index (κ3) is 4.98. The Bertz CT molecular complexity index is 157. The van der Waals surface area contributed by atoms with Crippen LogP contribution in [0.3, 0.4) is 0 Å². The molecule has 2 heteroatoms. The molecule has 0 spiro atoms. The molecule has 15 heavy (non-hydrogen) atoms. The average Bonchev–Trinajstić information content (AvgIpc) is 2.18. The molecule has 1 rings (SSSR count). The second-order valence-corrected chi connectivity index (χ2v) is 5.45. The predicted octanol–water partition coefficient (Wildman–Crippen LogP) is 2.56. The molecule has 1 aliphatic carbocycles. The van der Waals surface area contributed by atoms with Crippen molar-refractivity contribution in [3.63, 3.8) is 0 Å². The number of aliphatic hydroxyl groups is 1.